The van der Waals surface area contributed by atoms with Crippen LogP contribution in [0.1, 0.15) is 31.7 Å². The fraction of sp³-hybridized carbons (Fsp3) is 0.526. The summed E-state index contributed by atoms with van der Waals surface area (Å²) in [6.45, 7) is 1.40. The Morgan fingerprint density at radius 2 is 1.96 bits per heavy atom. The highest BCUT2D eigenvalue weighted by Gasteiger charge is 2.72. The lowest BCUT2D eigenvalue weighted by atomic mass is 9.80. The zero-order valence-corrected chi connectivity index (χ0v) is 14.5. The highest BCUT2D eigenvalue weighted by atomic mass is 16.4. The lowest BCUT2D eigenvalue weighted by molar-refractivity contribution is -0.147. The Balaban J connectivity index is 1.17. The van der Waals surface area contributed by atoms with Gasteiger partial charge in [0.15, 0.2) is 0 Å². The van der Waals surface area contributed by atoms with E-state index in [0.29, 0.717) is 32.0 Å². The first kappa shape index (κ1) is 15.7. The molecule has 1 aliphatic heterocycles. The van der Waals surface area contributed by atoms with Crippen LogP contribution in [-0.2, 0) is 4.79 Å². The molecule has 3 aliphatic rings. The van der Waals surface area contributed by atoms with Crippen LogP contribution in [0.4, 0.5) is 4.79 Å². The number of amides is 2. The summed E-state index contributed by atoms with van der Waals surface area (Å²) in [6, 6.07) is 8.48. The van der Waals surface area contributed by atoms with Gasteiger partial charge in [-0.3, -0.25) is 9.48 Å². The fourth-order valence-electron chi connectivity index (χ4n) is 4.80. The van der Waals surface area contributed by atoms with Crippen LogP contribution in [-0.4, -0.2) is 50.9 Å². The van der Waals surface area contributed by atoms with Crippen molar-refractivity contribution in [2.75, 3.05) is 13.1 Å². The molecule has 2 saturated carbocycles. The number of likely N-dealkylation sites (tertiary alicyclic amines) is 1. The molecule has 26 heavy (non-hydrogen) atoms. The number of nitrogens with zero attached hydrogens (tertiary/aromatic N) is 3. The summed E-state index contributed by atoms with van der Waals surface area (Å²) >= 11 is 0. The van der Waals surface area contributed by atoms with Gasteiger partial charge < -0.3 is 15.3 Å². The molecule has 7 nitrogen and oxygen atoms in total. The van der Waals surface area contributed by atoms with Crippen LogP contribution in [0.15, 0.2) is 30.5 Å². The van der Waals surface area contributed by atoms with Crippen LogP contribution in [0.5, 0.6) is 0 Å². The number of hydrogen-bond donors (Lipinski definition) is 2. The number of fused-ring (bicyclic) bond motifs is 2. The molecule has 0 bridgehead atoms. The van der Waals surface area contributed by atoms with Crippen LogP contribution in [0.3, 0.4) is 0 Å². The molecule has 0 unspecified atom stereocenters. The van der Waals surface area contributed by atoms with Gasteiger partial charge >= 0.3 is 12.0 Å². The molecule has 1 saturated heterocycles. The number of aromatic nitrogens is 2. The number of hydrogen-bond acceptors (Lipinski definition) is 3. The minimum Gasteiger partial charge on any atom is -0.481 e. The average Bonchev–Trinajstić information content (AvgIpc) is 3.06. The van der Waals surface area contributed by atoms with Crippen molar-refractivity contribution in [3.8, 4) is 0 Å². The number of rotatable bonds is 3. The number of para-hydroxylation sites is 1. The zero-order valence-electron chi connectivity index (χ0n) is 14.5. The number of urea groups is 1. The maximum absolute atomic E-state index is 12.5. The van der Waals surface area contributed by atoms with Gasteiger partial charge in [-0.2, -0.15) is 5.10 Å². The van der Waals surface area contributed by atoms with E-state index in [9.17, 15) is 14.7 Å². The summed E-state index contributed by atoms with van der Waals surface area (Å²) in [5.41, 5.74) is 0.620. The summed E-state index contributed by atoms with van der Waals surface area (Å²) in [7, 11) is 0. The van der Waals surface area contributed by atoms with E-state index < -0.39 is 11.4 Å². The van der Waals surface area contributed by atoms with Crippen molar-refractivity contribution in [1.82, 2.24) is 20.0 Å². The summed E-state index contributed by atoms with van der Waals surface area (Å²) < 4.78 is 2.09. The number of carbonyl (C=O) groups excluding carboxylic acids is 1. The van der Waals surface area contributed by atoms with Gasteiger partial charge in [0.1, 0.15) is 0 Å². The molecule has 3 fully saturated rings. The monoisotopic (exact) mass is 354 g/mol. The third-order valence-corrected chi connectivity index (χ3v) is 6.54. The summed E-state index contributed by atoms with van der Waals surface area (Å²) in [5.74, 6) is -0.572. The first-order chi connectivity index (χ1) is 12.6. The Morgan fingerprint density at radius 3 is 2.65 bits per heavy atom. The fourth-order valence-corrected chi connectivity index (χ4v) is 4.80. The van der Waals surface area contributed by atoms with E-state index in [1.165, 1.54) is 0 Å². The molecule has 2 heterocycles. The normalized spacial score (nSPS) is 30.5. The van der Waals surface area contributed by atoms with E-state index in [4.69, 9.17) is 0 Å². The Morgan fingerprint density at radius 1 is 1.19 bits per heavy atom. The van der Waals surface area contributed by atoms with Gasteiger partial charge in [-0.15, -0.1) is 0 Å². The predicted molar refractivity (Wildman–Crippen MR) is 94.7 cm³/mol. The second-order valence-electron chi connectivity index (χ2n) is 7.90. The Hall–Kier alpha value is -2.57. The molecule has 5 rings (SSSR count). The molecule has 136 valence electrons. The Kier molecular flexibility index (Phi) is 3.29. The van der Waals surface area contributed by atoms with Crippen molar-refractivity contribution in [2.24, 2.45) is 11.3 Å². The van der Waals surface area contributed by atoms with E-state index >= 15 is 0 Å². The number of benzene rings is 1. The molecule has 2 aromatic rings. The molecule has 3 atom stereocenters. The molecule has 0 radical (unpaired) electrons. The topological polar surface area (TPSA) is 87.5 Å². The van der Waals surface area contributed by atoms with Gasteiger partial charge in [0.2, 0.25) is 0 Å². The van der Waals surface area contributed by atoms with Crippen molar-refractivity contribution in [3.05, 3.63) is 30.5 Å². The number of carboxylic acids is 1. The maximum atomic E-state index is 12.5. The number of piperidine rings is 1. The quantitative estimate of drug-likeness (QED) is 0.885. The van der Waals surface area contributed by atoms with E-state index in [0.717, 1.165) is 23.7 Å². The highest BCUT2D eigenvalue weighted by Crippen LogP contribution is 2.67. The summed E-state index contributed by atoms with van der Waals surface area (Å²) in [6.07, 6.45) is 4.95. The molecular weight excluding hydrogens is 332 g/mol. The van der Waals surface area contributed by atoms with E-state index in [2.05, 4.69) is 27.2 Å². The van der Waals surface area contributed by atoms with Crippen molar-refractivity contribution < 1.29 is 14.7 Å². The van der Waals surface area contributed by atoms with Crippen LogP contribution in [0.25, 0.3) is 10.9 Å². The van der Waals surface area contributed by atoms with Gasteiger partial charge in [0.05, 0.1) is 23.2 Å². The molecule has 0 spiro atoms. The second kappa shape index (κ2) is 5.46. The lowest BCUT2D eigenvalue weighted by Gasteiger charge is -2.37. The molecule has 2 N–H and O–H groups in total. The van der Waals surface area contributed by atoms with Crippen LogP contribution < -0.4 is 5.32 Å². The Labute approximate surface area is 151 Å². The summed E-state index contributed by atoms with van der Waals surface area (Å²) in [5, 5.41) is 17.9. The van der Waals surface area contributed by atoms with E-state index in [1.54, 1.807) is 0 Å². The van der Waals surface area contributed by atoms with Crippen molar-refractivity contribution in [1.29, 1.82) is 0 Å². The van der Waals surface area contributed by atoms with Crippen molar-refractivity contribution in [2.45, 2.75) is 37.8 Å². The minimum atomic E-state index is -0.708. The first-order valence-corrected chi connectivity index (χ1v) is 9.29. The molecule has 2 amide bonds. The predicted octanol–water partition coefficient (Wildman–Crippen LogP) is 2.25. The van der Waals surface area contributed by atoms with Gasteiger partial charge in [0.25, 0.3) is 0 Å². The van der Waals surface area contributed by atoms with Gasteiger partial charge in [-0.25, -0.2) is 4.79 Å². The Bertz CT molecular complexity index is 886. The number of aliphatic carboxylic acids is 1. The van der Waals surface area contributed by atoms with Crippen LogP contribution in [0.2, 0.25) is 0 Å². The minimum absolute atomic E-state index is 0.0337. The van der Waals surface area contributed by atoms with E-state index in [1.807, 2.05) is 23.2 Å². The molecule has 2 aliphatic carbocycles. The largest absolute Gasteiger partial charge is 0.481 e. The summed E-state index contributed by atoms with van der Waals surface area (Å²) in [4.78, 5) is 25.5. The third-order valence-electron chi connectivity index (χ3n) is 6.54. The highest BCUT2D eigenvalue weighted by molar-refractivity contribution is 5.82. The average molecular weight is 354 g/mol. The smallest absolute Gasteiger partial charge is 0.317 e. The van der Waals surface area contributed by atoms with E-state index in [-0.39, 0.29) is 18.0 Å². The third kappa shape index (κ3) is 2.22. The van der Waals surface area contributed by atoms with Crippen molar-refractivity contribution in [3.63, 3.8) is 0 Å². The molecule has 7 heteroatoms. The number of carbonyl (C=O) groups is 2. The van der Waals surface area contributed by atoms with Crippen LogP contribution in [0, 0.1) is 11.3 Å². The number of carboxylic acid groups (broad SMARTS) is 1. The standard InChI is InChI=1S/C19H22N4O3/c24-17(25)19-9-14(19)15(10-19)21-18(26)22-7-5-13(6-8-22)23-16-4-2-1-3-12(16)11-20-23/h1-4,11,13-15H,5-10H2,(H,21,26)(H,24,25)/t14-,15+,19-/m0/s1. The van der Waals surface area contributed by atoms with Crippen LogP contribution >= 0.6 is 0 Å². The van der Waals surface area contributed by atoms with Crippen molar-refractivity contribution >= 4 is 22.9 Å². The SMILES string of the molecule is O=C(N[C@@H]1C[C@@]2(C(=O)O)C[C@@H]12)N1CCC(n2ncc3ccccc32)CC1. The molecule has 1 aromatic heterocycles. The molecular formula is C19H22N4O3. The number of nitrogens with one attached hydrogen (secondary N) is 1. The zero-order chi connectivity index (χ0) is 17.9. The first-order valence-electron chi connectivity index (χ1n) is 9.29. The molecule has 1 aromatic carbocycles. The lowest BCUT2D eigenvalue weighted by Crippen LogP contribution is -2.53. The van der Waals surface area contributed by atoms with Gasteiger partial charge in [0, 0.05) is 24.5 Å². The van der Waals surface area contributed by atoms with Gasteiger partial charge in [-0.1, -0.05) is 18.2 Å². The maximum Gasteiger partial charge on any atom is 0.317 e. The van der Waals surface area contributed by atoms with Gasteiger partial charge in [-0.05, 0) is 37.7 Å². The second-order valence-corrected chi connectivity index (χ2v) is 7.90.